The first-order chi connectivity index (χ1) is 9.48. The Morgan fingerprint density at radius 3 is 2.55 bits per heavy atom. The molecule has 20 heavy (non-hydrogen) atoms. The standard InChI is InChI=1S/C12H18ClNO5S/c1-17-5-6-19-7-8-20(15,16)14-10-3-4-12(18-2)11(13)9-10/h3-4,9,14H,5-8H2,1-2H3. The quantitative estimate of drug-likeness (QED) is 0.701. The summed E-state index contributed by atoms with van der Waals surface area (Å²) in [6.45, 7) is 0.893. The lowest BCUT2D eigenvalue weighted by atomic mass is 10.3. The first kappa shape index (κ1) is 17.0. The van der Waals surface area contributed by atoms with Gasteiger partial charge in [0.25, 0.3) is 0 Å². The minimum absolute atomic E-state index is 0.0998. The summed E-state index contributed by atoms with van der Waals surface area (Å²) < 4.78 is 40.9. The number of anilines is 1. The van der Waals surface area contributed by atoms with Crippen molar-refractivity contribution in [3.63, 3.8) is 0 Å². The van der Waals surface area contributed by atoms with E-state index in [0.717, 1.165) is 0 Å². The van der Waals surface area contributed by atoms with Gasteiger partial charge in [-0.25, -0.2) is 8.42 Å². The average Bonchev–Trinajstić information content (AvgIpc) is 2.38. The molecular formula is C12H18ClNO5S. The third-order valence-corrected chi connectivity index (χ3v) is 3.90. The van der Waals surface area contributed by atoms with E-state index in [-0.39, 0.29) is 12.4 Å². The molecule has 114 valence electrons. The van der Waals surface area contributed by atoms with E-state index in [2.05, 4.69) is 4.72 Å². The van der Waals surface area contributed by atoms with Crippen molar-refractivity contribution in [2.24, 2.45) is 0 Å². The second-order valence-electron chi connectivity index (χ2n) is 3.88. The van der Waals surface area contributed by atoms with Crippen LogP contribution < -0.4 is 9.46 Å². The van der Waals surface area contributed by atoms with Crippen LogP contribution in [0, 0.1) is 0 Å². The molecule has 0 amide bonds. The van der Waals surface area contributed by atoms with Gasteiger partial charge >= 0.3 is 0 Å². The number of rotatable bonds is 9. The summed E-state index contributed by atoms with van der Waals surface area (Å²) in [4.78, 5) is 0. The van der Waals surface area contributed by atoms with E-state index >= 15 is 0 Å². The van der Waals surface area contributed by atoms with Gasteiger partial charge in [0.1, 0.15) is 5.75 Å². The molecule has 0 bridgehead atoms. The van der Waals surface area contributed by atoms with Gasteiger partial charge in [-0.3, -0.25) is 4.72 Å². The van der Waals surface area contributed by atoms with Gasteiger partial charge < -0.3 is 14.2 Å². The summed E-state index contributed by atoms with van der Waals surface area (Å²) in [6, 6.07) is 4.66. The van der Waals surface area contributed by atoms with Crippen LogP contribution in [0.25, 0.3) is 0 Å². The summed E-state index contributed by atoms with van der Waals surface area (Å²) in [6.07, 6.45) is 0. The molecule has 0 saturated heterocycles. The fourth-order valence-corrected chi connectivity index (χ4v) is 2.56. The molecule has 8 heteroatoms. The van der Waals surface area contributed by atoms with Gasteiger partial charge in [-0.2, -0.15) is 0 Å². The van der Waals surface area contributed by atoms with Gasteiger partial charge in [-0.1, -0.05) is 11.6 Å². The zero-order valence-corrected chi connectivity index (χ0v) is 13.0. The predicted molar refractivity (Wildman–Crippen MR) is 78.1 cm³/mol. The third kappa shape index (κ3) is 5.96. The van der Waals surface area contributed by atoms with Crippen LogP contribution >= 0.6 is 11.6 Å². The molecule has 0 spiro atoms. The zero-order chi connectivity index (χ0) is 15.0. The molecule has 0 saturated carbocycles. The number of benzene rings is 1. The van der Waals surface area contributed by atoms with Crippen LogP contribution in [0.5, 0.6) is 5.75 Å². The Morgan fingerprint density at radius 2 is 1.95 bits per heavy atom. The Morgan fingerprint density at radius 1 is 1.20 bits per heavy atom. The van der Waals surface area contributed by atoms with Crippen LogP contribution in [-0.2, 0) is 19.5 Å². The molecule has 1 rings (SSSR count). The van der Waals surface area contributed by atoms with E-state index in [1.807, 2.05) is 0 Å². The lowest BCUT2D eigenvalue weighted by molar-refractivity contribution is 0.0785. The molecule has 1 aromatic rings. The maximum absolute atomic E-state index is 11.8. The van der Waals surface area contributed by atoms with Gasteiger partial charge in [-0.05, 0) is 18.2 Å². The molecule has 6 nitrogen and oxygen atoms in total. The SMILES string of the molecule is COCCOCCS(=O)(=O)Nc1ccc(OC)c(Cl)c1. The number of hydrogen-bond acceptors (Lipinski definition) is 5. The highest BCUT2D eigenvalue weighted by molar-refractivity contribution is 7.92. The molecule has 0 aliphatic heterocycles. The topological polar surface area (TPSA) is 73.9 Å². The molecule has 0 aromatic heterocycles. The molecule has 0 unspecified atom stereocenters. The lowest BCUT2D eigenvalue weighted by Crippen LogP contribution is -2.20. The first-order valence-corrected chi connectivity index (χ1v) is 7.92. The third-order valence-electron chi connectivity index (χ3n) is 2.35. The number of halogens is 1. The molecule has 1 aromatic carbocycles. The highest BCUT2D eigenvalue weighted by Crippen LogP contribution is 2.27. The maximum atomic E-state index is 11.8. The Balaban J connectivity index is 2.51. The maximum Gasteiger partial charge on any atom is 0.235 e. The van der Waals surface area contributed by atoms with Crippen LogP contribution in [-0.4, -0.2) is 48.2 Å². The van der Waals surface area contributed by atoms with E-state index in [1.54, 1.807) is 19.2 Å². The summed E-state index contributed by atoms with van der Waals surface area (Å²) in [7, 11) is -0.434. The van der Waals surface area contributed by atoms with E-state index in [4.69, 9.17) is 25.8 Å². The van der Waals surface area contributed by atoms with Gasteiger partial charge in [0.15, 0.2) is 0 Å². The number of sulfonamides is 1. The van der Waals surface area contributed by atoms with Crippen LogP contribution in [0.4, 0.5) is 5.69 Å². The summed E-state index contributed by atoms with van der Waals surface area (Å²) in [5, 5.41) is 0.337. The number of nitrogens with one attached hydrogen (secondary N) is 1. The van der Waals surface area contributed by atoms with E-state index in [1.165, 1.54) is 13.2 Å². The van der Waals surface area contributed by atoms with Crippen molar-refractivity contribution in [3.05, 3.63) is 23.2 Å². The molecule has 0 fully saturated rings. The van der Waals surface area contributed by atoms with Crippen molar-refractivity contribution >= 4 is 27.3 Å². The summed E-state index contributed by atoms with van der Waals surface area (Å²) >= 11 is 5.92. The van der Waals surface area contributed by atoms with Gasteiger partial charge in [0.05, 0.1) is 43.4 Å². The van der Waals surface area contributed by atoms with E-state index in [9.17, 15) is 8.42 Å². The molecule has 1 N–H and O–H groups in total. The normalized spacial score (nSPS) is 11.3. The van der Waals surface area contributed by atoms with Crippen LogP contribution in [0.3, 0.4) is 0 Å². The van der Waals surface area contributed by atoms with Crippen LogP contribution in [0.2, 0.25) is 5.02 Å². The second kappa shape index (κ2) is 8.31. The number of hydrogen-bond donors (Lipinski definition) is 1. The molecular weight excluding hydrogens is 306 g/mol. The zero-order valence-electron chi connectivity index (χ0n) is 11.4. The van der Waals surface area contributed by atoms with Crippen molar-refractivity contribution < 1.29 is 22.6 Å². The highest BCUT2D eigenvalue weighted by Gasteiger charge is 2.11. The fraction of sp³-hybridized carbons (Fsp3) is 0.500. The minimum Gasteiger partial charge on any atom is -0.495 e. The monoisotopic (exact) mass is 323 g/mol. The number of methoxy groups -OCH3 is 2. The summed E-state index contributed by atoms with van der Waals surface area (Å²) in [5.41, 5.74) is 0.382. The van der Waals surface area contributed by atoms with Crippen molar-refractivity contribution in [2.75, 3.05) is 44.5 Å². The smallest absolute Gasteiger partial charge is 0.235 e. The van der Waals surface area contributed by atoms with Crippen molar-refractivity contribution in [1.29, 1.82) is 0 Å². The Hall–Kier alpha value is -1.02. The van der Waals surface area contributed by atoms with Gasteiger partial charge in [0, 0.05) is 7.11 Å². The van der Waals surface area contributed by atoms with E-state index in [0.29, 0.717) is 29.7 Å². The molecule has 0 aliphatic carbocycles. The fourth-order valence-electron chi connectivity index (χ4n) is 1.37. The predicted octanol–water partition coefficient (Wildman–Crippen LogP) is 1.75. The Labute approximate surface area is 124 Å². The highest BCUT2D eigenvalue weighted by atomic mass is 35.5. The van der Waals surface area contributed by atoms with E-state index < -0.39 is 10.0 Å². The van der Waals surface area contributed by atoms with Crippen LogP contribution in [0.15, 0.2) is 18.2 Å². The van der Waals surface area contributed by atoms with Crippen molar-refractivity contribution in [2.45, 2.75) is 0 Å². The average molecular weight is 324 g/mol. The second-order valence-corrected chi connectivity index (χ2v) is 6.12. The Bertz CT molecular complexity index is 521. The van der Waals surface area contributed by atoms with Crippen molar-refractivity contribution in [3.8, 4) is 5.75 Å². The van der Waals surface area contributed by atoms with Gasteiger partial charge in [-0.15, -0.1) is 0 Å². The first-order valence-electron chi connectivity index (χ1n) is 5.89. The minimum atomic E-state index is -3.47. The lowest BCUT2D eigenvalue weighted by Gasteiger charge is -2.10. The van der Waals surface area contributed by atoms with Crippen LogP contribution in [0.1, 0.15) is 0 Å². The summed E-state index contributed by atoms with van der Waals surface area (Å²) in [5.74, 6) is 0.345. The number of ether oxygens (including phenoxy) is 3. The Kier molecular flexibility index (Phi) is 7.08. The molecule has 0 aliphatic rings. The largest absolute Gasteiger partial charge is 0.495 e. The molecule has 0 radical (unpaired) electrons. The van der Waals surface area contributed by atoms with Crippen molar-refractivity contribution in [1.82, 2.24) is 0 Å². The van der Waals surface area contributed by atoms with Gasteiger partial charge in [0.2, 0.25) is 10.0 Å². The molecule has 0 atom stereocenters. The molecule has 0 heterocycles.